The van der Waals surface area contributed by atoms with E-state index in [0.29, 0.717) is 0 Å². The molecule has 1 rings (SSSR count). The molecule has 0 bridgehead atoms. The van der Waals surface area contributed by atoms with E-state index in [1.807, 2.05) is 13.0 Å². The van der Waals surface area contributed by atoms with Crippen LogP contribution in [0.1, 0.15) is 12.0 Å². The summed E-state index contributed by atoms with van der Waals surface area (Å²) in [5.41, 5.74) is 7.98. The summed E-state index contributed by atoms with van der Waals surface area (Å²) in [7, 11) is 1.70. The van der Waals surface area contributed by atoms with Gasteiger partial charge in [-0.1, -0.05) is 6.07 Å². The zero-order valence-electron chi connectivity index (χ0n) is 10.6. The molecule has 0 radical (unpaired) electrons. The first-order valence-corrected chi connectivity index (χ1v) is 6.78. The molecule has 0 spiro atoms. The van der Waals surface area contributed by atoms with Crippen molar-refractivity contribution in [1.82, 2.24) is 0 Å². The van der Waals surface area contributed by atoms with E-state index in [1.54, 1.807) is 18.9 Å². The van der Waals surface area contributed by atoms with E-state index in [0.717, 1.165) is 42.6 Å². The number of hydrogen-bond acceptors (Lipinski definition) is 4. The highest BCUT2D eigenvalue weighted by Gasteiger charge is 1.99. The van der Waals surface area contributed by atoms with Crippen LogP contribution in [0.4, 0.5) is 5.69 Å². The fourth-order valence-corrected chi connectivity index (χ4v) is 2.23. The molecule has 17 heavy (non-hydrogen) atoms. The number of rotatable bonds is 8. The molecule has 0 saturated carbocycles. The first kappa shape index (κ1) is 14.4. The van der Waals surface area contributed by atoms with E-state index >= 15 is 0 Å². The Morgan fingerprint density at radius 3 is 2.76 bits per heavy atom. The van der Waals surface area contributed by atoms with E-state index < -0.39 is 0 Å². The van der Waals surface area contributed by atoms with Crippen LogP contribution in [-0.2, 0) is 9.47 Å². The number of aryl methyl sites for hydroxylation is 1. The molecule has 3 nitrogen and oxygen atoms in total. The zero-order chi connectivity index (χ0) is 12.5. The predicted molar refractivity (Wildman–Crippen MR) is 73.6 cm³/mol. The highest BCUT2D eigenvalue weighted by Crippen LogP contribution is 2.25. The van der Waals surface area contributed by atoms with Gasteiger partial charge in [0.05, 0.1) is 6.61 Å². The summed E-state index contributed by atoms with van der Waals surface area (Å²) < 4.78 is 10.4. The zero-order valence-corrected chi connectivity index (χ0v) is 11.4. The lowest BCUT2D eigenvalue weighted by Gasteiger charge is -2.07. The minimum absolute atomic E-state index is 0.752. The van der Waals surface area contributed by atoms with Crippen molar-refractivity contribution >= 4 is 17.4 Å². The van der Waals surface area contributed by atoms with E-state index in [9.17, 15) is 0 Å². The molecule has 4 heteroatoms. The number of methoxy groups -OCH3 is 1. The second-order valence-electron chi connectivity index (χ2n) is 3.85. The van der Waals surface area contributed by atoms with Crippen LogP contribution in [0.3, 0.4) is 0 Å². The van der Waals surface area contributed by atoms with Crippen molar-refractivity contribution in [3.8, 4) is 0 Å². The summed E-state index contributed by atoms with van der Waals surface area (Å²) in [4.78, 5) is 1.14. The van der Waals surface area contributed by atoms with Crippen molar-refractivity contribution in [2.24, 2.45) is 0 Å². The highest BCUT2D eigenvalue weighted by molar-refractivity contribution is 7.99. The molecule has 96 valence electrons. The minimum Gasteiger partial charge on any atom is -0.398 e. The van der Waals surface area contributed by atoms with Crippen LogP contribution in [0.2, 0.25) is 0 Å². The summed E-state index contributed by atoms with van der Waals surface area (Å²) in [6.07, 6.45) is 0.952. The van der Waals surface area contributed by atoms with Crippen molar-refractivity contribution in [2.75, 3.05) is 38.4 Å². The molecular weight excluding hydrogens is 234 g/mol. The number of nitrogens with two attached hydrogens (primary N) is 1. The largest absolute Gasteiger partial charge is 0.398 e. The predicted octanol–water partition coefficient (Wildman–Crippen LogP) is 2.72. The Hall–Kier alpha value is -0.710. The molecule has 0 unspecified atom stereocenters. The lowest BCUT2D eigenvalue weighted by Crippen LogP contribution is -2.02. The van der Waals surface area contributed by atoms with Crippen molar-refractivity contribution in [1.29, 1.82) is 0 Å². The lowest BCUT2D eigenvalue weighted by molar-refractivity contribution is 0.113. The second kappa shape index (κ2) is 8.39. The Balaban J connectivity index is 2.14. The van der Waals surface area contributed by atoms with Crippen molar-refractivity contribution in [3.63, 3.8) is 0 Å². The minimum atomic E-state index is 0.752. The number of benzene rings is 1. The van der Waals surface area contributed by atoms with Crippen LogP contribution in [-0.4, -0.2) is 32.7 Å². The van der Waals surface area contributed by atoms with Gasteiger partial charge in [0.25, 0.3) is 0 Å². The number of ether oxygens (including phenoxy) is 2. The Morgan fingerprint density at radius 2 is 2.06 bits per heavy atom. The van der Waals surface area contributed by atoms with Gasteiger partial charge in [0, 0.05) is 36.7 Å². The molecule has 0 aromatic heterocycles. The van der Waals surface area contributed by atoms with Gasteiger partial charge in [-0.05, 0) is 31.0 Å². The van der Waals surface area contributed by atoms with Crippen LogP contribution < -0.4 is 5.73 Å². The van der Waals surface area contributed by atoms with E-state index in [2.05, 4.69) is 12.1 Å². The number of hydrogen-bond donors (Lipinski definition) is 1. The first-order chi connectivity index (χ1) is 8.24. The molecule has 0 saturated heterocycles. The third kappa shape index (κ3) is 5.96. The van der Waals surface area contributed by atoms with Gasteiger partial charge in [-0.15, -0.1) is 11.8 Å². The van der Waals surface area contributed by atoms with Crippen LogP contribution in [0, 0.1) is 6.92 Å². The van der Waals surface area contributed by atoms with Crippen molar-refractivity contribution < 1.29 is 9.47 Å². The Kier molecular flexibility index (Phi) is 7.08. The number of thioether (sulfide) groups is 1. The van der Waals surface area contributed by atoms with E-state index in [-0.39, 0.29) is 0 Å². The molecule has 2 N–H and O–H groups in total. The van der Waals surface area contributed by atoms with E-state index in [1.165, 1.54) is 5.56 Å². The Labute approximate surface area is 108 Å². The highest BCUT2D eigenvalue weighted by atomic mass is 32.2. The van der Waals surface area contributed by atoms with Crippen LogP contribution in [0.25, 0.3) is 0 Å². The molecule has 0 aliphatic rings. The SMILES string of the molecule is COCCCOCCSc1ccc(C)cc1N. The van der Waals surface area contributed by atoms with Crippen molar-refractivity contribution in [2.45, 2.75) is 18.2 Å². The molecule has 0 aliphatic heterocycles. The average molecular weight is 255 g/mol. The topological polar surface area (TPSA) is 44.5 Å². The summed E-state index contributed by atoms with van der Waals surface area (Å²) >= 11 is 1.74. The molecule has 1 aromatic carbocycles. The molecule has 0 fully saturated rings. The van der Waals surface area contributed by atoms with Crippen LogP contribution in [0.5, 0.6) is 0 Å². The van der Waals surface area contributed by atoms with Gasteiger partial charge in [0.15, 0.2) is 0 Å². The van der Waals surface area contributed by atoms with Gasteiger partial charge in [-0.3, -0.25) is 0 Å². The van der Waals surface area contributed by atoms with Crippen molar-refractivity contribution in [3.05, 3.63) is 23.8 Å². The number of anilines is 1. The normalized spacial score (nSPS) is 10.7. The van der Waals surface area contributed by atoms with Crippen LogP contribution in [0.15, 0.2) is 23.1 Å². The maximum absolute atomic E-state index is 5.92. The van der Waals surface area contributed by atoms with Crippen LogP contribution >= 0.6 is 11.8 Å². The van der Waals surface area contributed by atoms with Gasteiger partial charge in [0.1, 0.15) is 0 Å². The third-order valence-corrected chi connectivity index (χ3v) is 3.34. The molecule has 1 aromatic rings. The fraction of sp³-hybridized carbons (Fsp3) is 0.538. The first-order valence-electron chi connectivity index (χ1n) is 5.79. The summed E-state index contributed by atoms with van der Waals surface area (Å²) in [6.45, 7) is 4.32. The second-order valence-corrected chi connectivity index (χ2v) is 4.99. The Bertz CT molecular complexity index is 331. The van der Waals surface area contributed by atoms with Gasteiger partial charge in [0.2, 0.25) is 0 Å². The fourth-order valence-electron chi connectivity index (χ4n) is 1.42. The smallest absolute Gasteiger partial charge is 0.0560 e. The average Bonchev–Trinajstić information content (AvgIpc) is 2.30. The van der Waals surface area contributed by atoms with Gasteiger partial charge < -0.3 is 15.2 Å². The molecule has 0 heterocycles. The summed E-state index contributed by atoms with van der Waals surface area (Å²) in [6, 6.07) is 6.15. The molecule has 0 aliphatic carbocycles. The van der Waals surface area contributed by atoms with E-state index in [4.69, 9.17) is 15.2 Å². The van der Waals surface area contributed by atoms with Gasteiger partial charge >= 0.3 is 0 Å². The summed E-state index contributed by atoms with van der Waals surface area (Å²) in [5, 5.41) is 0. The quantitative estimate of drug-likeness (QED) is 0.441. The monoisotopic (exact) mass is 255 g/mol. The Morgan fingerprint density at radius 1 is 1.24 bits per heavy atom. The lowest BCUT2D eigenvalue weighted by atomic mass is 10.2. The van der Waals surface area contributed by atoms with Gasteiger partial charge in [-0.2, -0.15) is 0 Å². The van der Waals surface area contributed by atoms with Gasteiger partial charge in [-0.25, -0.2) is 0 Å². The maximum Gasteiger partial charge on any atom is 0.0560 e. The third-order valence-electron chi connectivity index (χ3n) is 2.29. The summed E-state index contributed by atoms with van der Waals surface area (Å²) in [5.74, 6) is 0.931. The molecule has 0 amide bonds. The number of nitrogen functional groups attached to an aromatic ring is 1. The standard InChI is InChI=1S/C13H21NO2S/c1-11-4-5-13(12(14)10-11)17-9-8-16-7-3-6-15-2/h4-5,10H,3,6-9,14H2,1-2H3. The maximum atomic E-state index is 5.92. The molecule has 0 atom stereocenters. The molecular formula is C13H21NO2S.